The second-order valence-electron chi connectivity index (χ2n) is 10.6. The maximum atomic E-state index is 12.9. The molecule has 9 nitrogen and oxygen atoms in total. The minimum absolute atomic E-state index is 0.0537. The Morgan fingerprint density at radius 2 is 1.71 bits per heavy atom. The lowest BCUT2D eigenvalue weighted by atomic mass is 9.92. The topological polar surface area (TPSA) is 117 Å². The highest BCUT2D eigenvalue weighted by molar-refractivity contribution is 7.99. The quantitative estimate of drug-likeness (QED) is 0.167. The molecule has 3 heterocycles. The molecule has 6 rings (SSSR count). The number of phenols is 1. The van der Waals surface area contributed by atoms with Crippen molar-refractivity contribution in [3.8, 4) is 11.4 Å². The molecule has 0 bridgehead atoms. The number of hydrogen-bond acceptors (Lipinski definition) is 7. The molecule has 0 aliphatic carbocycles. The number of amides is 2. The molecule has 11 heteroatoms. The van der Waals surface area contributed by atoms with Crippen LogP contribution >= 0.6 is 23.1 Å². The van der Waals surface area contributed by atoms with Crippen molar-refractivity contribution in [1.29, 1.82) is 0 Å². The summed E-state index contributed by atoms with van der Waals surface area (Å²) in [6.07, 6.45) is 1.71. The van der Waals surface area contributed by atoms with Crippen LogP contribution in [0.2, 0.25) is 0 Å². The van der Waals surface area contributed by atoms with Gasteiger partial charge >= 0.3 is 6.03 Å². The molecule has 0 spiro atoms. The van der Waals surface area contributed by atoms with Gasteiger partial charge in [0.15, 0.2) is 4.96 Å². The summed E-state index contributed by atoms with van der Waals surface area (Å²) in [5.74, 6) is 0.679. The molecule has 4 N–H and O–H groups in total. The van der Waals surface area contributed by atoms with E-state index >= 15 is 0 Å². The summed E-state index contributed by atoms with van der Waals surface area (Å²) in [7, 11) is 0. The zero-order chi connectivity index (χ0) is 28.7. The van der Waals surface area contributed by atoms with E-state index in [-0.39, 0.29) is 23.8 Å². The summed E-state index contributed by atoms with van der Waals surface area (Å²) in [5, 5.41) is 29.8. The van der Waals surface area contributed by atoms with E-state index in [9.17, 15) is 15.0 Å². The van der Waals surface area contributed by atoms with Crippen molar-refractivity contribution < 1.29 is 15.0 Å². The number of imidazole rings is 1. The van der Waals surface area contributed by atoms with Crippen LogP contribution in [0.1, 0.15) is 32.2 Å². The molecule has 6 aromatic rings. The third kappa shape index (κ3) is 5.51. The number of thiazole rings is 1. The number of fused-ring (bicyclic) bond motifs is 3. The predicted molar refractivity (Wildman–Crippen MR) is 164 cm³/mol. The van der Waals surface area contributed by atoms with E-state index in [0.717, 1.165) is 42.0 Å². The lowest BCUT2D eigenvalue weighted by molar-refractivity contribution is 0.262. The van der Waals surface area contributed by atoms with Gasteiger partial charge in [-0.15, -0.1) is 0 Å². The Kier molecular flexibility index (Phi) is 6.94. The number of hydrogen-bond donors (Lipinski definition) is 4. The highest BCUT2D eigenvalue weighted by Crippen LogP contribution is 2.35. The van der Waals surface area contributed by atoms with Gasteiger partial charge in [-0.3, -0.25) is 9.72 Å². The number of carbonyl (C=O) groups excluding carboxylic acids is 1. The number of aromatic nitrogens is 4. The summed E-state index contributed by atoms with van der Waals surface area (Å²) < 4.78 is 4.75. The second kappa shape index (κ2) is 10.6. The monoisotopic (exact) mass is 584 g/mol. The van der Waals surface area contributed by atoms with Crippen molar-refractivity contribution in [1.82, 2.24) is 19.2 Å². The van der Waals surface area contributed by atoms with E-state index in [0.29, 0.717) is 11.5 Å². The van der Waals surface area contributed by atoms with Gasteiger partial charge in [-0.25, -0.2) is 14.5 Å². The number of carbonyl (C=O) groups is 1. The Morgan fingerprint density at radius 1 is 0.976 bits per heavy atom. The van der Waals surface area contributed by atoms with Crippen LogP contribution in [0.25, 0.3) is 20.9 Å². The Morgan fingerprint density at radius 3 is 2.41 bits per heavy atom. The number of anilines is 2. The summed E-state index contributed by atoms with van der Waals surface area (Å²) in [6.45, 7) is 6.12. The number of rotatable bonds is 6. The highest BCUT2D eigenvalue weighted by Gasteiger charge is 2.21. The number of aliphatic hydroxyl groups excluding tert-OH is 1. The first-order valence-electron chi connectivity index (χ1n) is 12.9. The fourth-order valence-electron chi connectivity index (χ4n) is 4.38. The van der Waals surface area contributed by atoms with Crippen molar-refractivity contribution in [3.05, 3.63) is 90.4 Å². The van der Waals surface area contributed by atoms with Crippen LogP contribution in [-0.4, -0.2) is 35.4 Å². The number of nitrogens with one attached hydrogen (secondary N) is 2. The summed E-state index contributed by atoms with van der Waals surface area (Å²) >= 11 is 3.22. The van der Waals surface area contributed by atoms with Crippen LogP contribution in [0, 0.1) is 0 Å². The van der Waals surface area contributed by atoms with Crippen LogP contribution in [-0.2, 0) is 12.0 Å². The zero-order valence-electron chi connectivity index (χ0n) is 22.6. The maximum Gasteiger partial charge on any atom is 0.324 e. The van der Waals surface area contributed by atoms with E-state index in [4.69, 9.17) is 5.10 Å². The summed E-state index contributed by atoms with van der Waals surface area (Å²) in [4.78, 5) is 20.3. The van der Waals surface area contributed by atoms with Gasteiger partial charge in [0.25, 0.3) is 0 Å². The Labute approximate surface area is 244 Å². The van der Waals surface area contributed by atoms with Crippen LogP contribution in [0.5, 0.6) is 5.75 Å². The molecule has 0 unspecified atom stereocenters. The highest BCUT2D eigenvalue weighted by atomic mass is 32.2. The third-order valence-corrected chi connectivity index (χ3v) is 8.51. The van der Waals surface area contributed by atoms with Crippen molar-refractivity contribution in [3.63, 3.8) is 0 Å². The van der Waals surface area contributed by atoms with Crippen LogP contribution in [0.15, 0.2) is 88.8 Å². The van der Waals surface area contributed by atoms with Crippen molar-refractivity contribution in [2.75, 3.05) is 10.6 Å². The minimum atomic E-state index is -0.388. The predicted octanol–water partition coefficient (Wildman–Crippen LogP) is 7.03. The minimum Gasteiger partial charge on any atom is -0.508 e. The normalized spacial score (nSPS) is 11.8. The number of aromatic hydroxyl groups is 1. The molecule has 3 aromatic carbocycles. The summed E-state index contributed by atoms with van der Waals surface area (Å²) in [6, 6.07) is 22.0. The Hall–Kier alpha value is -4.32. The molecule has 3 aromatic heterocycles. The first-order chi connectivity index (χ1) is 19.7. The average molecular weight is 585 g/mol. The molecule has 0 fully saturated rings. The van der Waals surface area contributed by atoms with Gasteiger partial charge in [0.05, 0.1) is 40.1 Å². The van der Waals surface area contributed by atoms with Gasteiger partial charge in [-0.1, -0.05) is 43.9 Å². The van der Waals surface area contributed by atoms with Crippen molar-refractivity contribution in [2.45, 2.75) is 42.6 Å². The molecule has 0 aliphatic rings. The van der Waals surface area contributed by atoms with Gasteiger partial charge in [-0.05, 0) is 66.7 Å². The molecule has 41 heavy (non-hydrogen) atoms. The number of nitrogens with zero attached hydrogens (tertiary/aromatic N) is 4. The Bertz CT molecular complexity index is 1870. The third-order valence-electron chi connectivity index (χ3n) is 6.50. The van der Waals surface area contributed by atoms with Gasteiger partial charge in [0.1, 0.15) is 11.6 Å². The lowest BCUT2D eigenvalue weighted by Gasteiger charge is -2.14. The molecule has 0 aliphatic heterocycles. The zero-order valence-corrected chi connectivity index (χ0v) is 24.3. The molecular weight excluding hydrogens is 557 g/mol. The molecular formula is C30H28N6O3S2. The van der Waals surface area contributed by atoms with Crippen LogP contribution in [0.4, 0.5) is 16.3 Å². The van der Waals surface area contributed by atoms with Gasteiger partial charge in [0.2, 0.25) is 0 Å². The molecule has 208 valence electrons. The van der Waals surface area contributed by atoms with Gasteiger partial charge < -0.3 is 15.5 Å². The smallest absolute Gasteiger partial charge is 0.324 e. The number of aliphatic hydroxyl groups is 1. The fourth-order valence-corrected chi connectivity index (χ4v) is 6.37. The first-order valence-corrected chi connectivity index (χ1v) is 14.6. The van der Waals surface area contributed by atoms with Crippen molar-refractivity contribution in [2.24, 2.45) is 0 Å². The van der Waals surface area contributed by atoms with Crippen molar-refractivity contribution >= 4 is 55.8 Å². The van der Waals surface area contributed by atoms with E-state index in [2.05, 4.69) is 54.6 Å². The van der Waals surface area contributed by atoms with E-state index in [1.165, 1.54) is 0 Å². The average Bonchev–Trinajstić information content (AvgIpc) is 3.63. The van der Waals surface area contributed by atoms with E-state index in [1.54, 1.807) is 58.2 Å². The van der Waals surface area contributed by atoms with Gasteiger partial charge in [-0.2, -0.15) is 5.10 Å². The number of urea groups is 1. The Balaban J connectivity index is 1.15. The molecule has 0 saturated carbocycles. The first kappa shape index (κ1) is 26.9. The number of phenolic OH excluding ortho intramolecular Hbond substituents is 1. The van der Waals surface area contributed by atoms with Crippen LogP contribution in [0.3, 0.4) is 0 Å². The molecule has 0 radical (unpaired) electrons. The van der Waals surface area contributed by atoms with Crippen LogP contribution < -0.4 is 10.6 Å². The molecule has 0 saturated heterocycles. The second-order valence-corrected chi connectivity index (χ2v) is 12.7. The SMILES string of the molecule is CC(C)(C)c1cc(NC(=O)Nc2ccc(Sc3ccc4c(c3)sc3ncc(CO)n34)cc2)n(-c2ccc(O)cc2)n1. The standard InChI is InChI=1S/C30H28N6O3S2/c1-30(2,3)26-15-27(36(34-26)19-6-8-21(38)9-7-19)33-28(39)32-18-4-10-22(11-5-18)40-23-12-13-24-25(14-23)41-29-31-16-20(17-37)35(24)29/h4-16,37-38H,17H2,1-3H3,(H2,32,33,39). The number of benzene rings is 3. The van der Waals surface area contributed by atoms with E-state index in [1.807, 2.05) is 34.7 Å². The largest absolute Gasteiger partial charge is 0.508 e. The van der Waals surface area contributed by atoms with Gasteiger partial charge in [0, 0.05) is 27.0 Å². The molecule has 0 atom stereocenters. The maximum absolute atomic E-state index is 12.9. The lowest BCUT2D eigenvalue weighted by Crippen LogP contribution is -2.21. The fraction of sp³-hybridized carbons (Fsp3) is 0.167. The molecule has 2 amide bonds. The summed E-state index contributed by atoms with van der Waals surface area (Å²) in [5.41, 5.74) is 3.79. The van der Waals surface area contributed by atoms with E-state index < -0.39 is 0 Å².